The number of rotatable bonds is 3. The second-order valence-electron chi connectivity index (χ2n) is 7.07. The van der Waals surface area contributed by atoms with Crippen molar-refractivity contribution in [1.82, 2.24) is 9.55 Å². The van der Waals surface area contributed by atoms with E-state index in [0.29, 0.717) is 0 Å². The second kappa shape index (κ2) is 6.99. The zero-order valence-corrected chi connectivity index (χ0v) is 17.1. The summed E-state index contributed by atoms with van der Waals surface area (Å²) in [5.41, 5.74) is 4.64. The van der Waals surface area contributed by atoms with Gasteiger partial charge in [-0.05, 0) is 53.9 Å². The van der Waals surface area contributed by atoms with E-state index in [0.717, 1.165) is 33.6 Å². The van der Waals surface area contributed by atoms with Crippen molar-refractivity contribution in [2.45, 2.75) is 18.5 Å². The number of ether oxygens (including phenoxy) is 1. The second-order valence-corrected chi connectivity index (χ2v) is 7.99. The van der Waals surface area contributed by atoms with Crippen LogP contribution in [-0.4, -0.2) is 16.7 Å². The van der Waals surface area contributed by atoms with Gasteiger partial charge in [-0.15, -0.1) is 0 Å². The number of benzene rings is 3. The van der Waals surface area contributed by atoms with Crippen molar-refractivity contribution in [2.75, 3.05) is 12.4 Å². The lowest BCUT2D eigenvalue weighted by molar-refractivity contribution is 0.411. The number of methoxy groups -OCH3 is 1. The molecule has 1 aromatic heterocycles. The average Bonchev–Trinajstić information content (AvgIpc) is 3.12. The van der Waals surface area contributed by atoms with Crippen LogP contribution in [0.25, 0.3) is 11.0 Å². The van der Waals surface area contributed by atoms with Crippen molar-refractivity contribution in [3.63, 3.8) is 0 Å². The minimum atomic E-state index is 0.174. The summed E-state index contributed by atoms with van der Waals surface area (Å²) >= 11 is 3.53. The van der Waals surface area contributed by atoms with Crippen LogP contribution in [0.5, 0.6) is 5.75 Å². The SMILES string of the molecule is COc1cccc([C@H]2C[C@@H](c3ccc(Br)cc3)Nc3nc4ccccc4n32)c1. The van der Waals surface area contributed by atoms with E-state index in [2.05, 4.69) is 86.5 Å². The highest BCUT2D eigenvalue weighted by Gasteiger charge is 2.31. The predicted molar refractivity (Wildman–Crippen MR) is 116 cm³/mol. The van der Waals surface area contributed by atoms with Crippen LogP contribution in [0.3, 0.4) is 0 Å². The molecule has 0 saturated carbocycles. The Kier molecular flexibility index (Phi) is 4.32. The van der Waals surface area contributed by atoms with E-state index in [4.69, 9.17) is 9.72 Å². The Bertz CT molecular complexity index is 1140. The molecule has 1 aliphatic rings. The topological polar surface area (TPSA) is 39.1 Å². The standard InChI is InChI=1S/C23H20BrN3O/c1-28-18-6-4-5-16(13-18)22-14-20(15-9-11-17(24)12-10-15)26-23-25-19-7-2-3-8-21(19)27(22)23/h2-13,20,22H,14H2,1H3,(H,25,26)/t20-,22+/m0/s1. The van der Waals surface area contributed by atoms with Gasteiger partial charge >= 0.3 is 0 Å². The molecule has 4 aromatic rings. The van der Waals surface area contributed by atoms with Gasteiger partial charge in [-0.25, -0.2) is 4.98 Å². The van der Waals surface area contributed by atoms with Gasteiger partial charge < -0.3 is 14.6 Å². The van der Waals surface area contributed by atoms with Crippen molar-refractivity contribution in [1.29, 1.82) is 0 Å². The molecule has 4 nitrogen and oxygen atoms in total. The Morgan fingerprint density at radius 1 is 1.00 bits per heavy atom. The maximum Gasteiger partial charge on any atom is 0.204 e. The smallest absolute Gasteiger partial charge is 0.204 e. The highest BCUT2D eigenvalue weighted by Crippen LogP contribution is 2.41. The van der Waals surface area contributed by atoms with E-state index in [-0.39, 0.29) is 12.1 Å². The van der Waals surface area contributed by atoms with Crippen molar-refractivity contribution in [3.05, 3.63) is 88.4 Å². The van der Waals surface area contributed by atoms with Gasteiger partial charge in [-0.2, -0.15) is 0 Å². The van der Waals surface area contributed by atoms with E-state index in [9.17, 15) is 0 Å². The van der Waals surface area contributed by atoms with Crippen molar-refractivity contribution in [2.24, 2.45) is 0 Å². The predicted octanol–water partition coefficient (Wildman–Crippen LogP) is 5.95. The molecule has 140 valence electrons. The summed E-state index contributed by atoms with van der Waals surface area (Å²) in [6.07, 6.45) is 0.933. The summed E-state index contributed by atoms with van der Waals surface area (Å²) in [6, 6.07) is 25.6. The Morgan fingerprint density at radius 3 is 2.64 bits per heavy atom. The van der Waals surface area contributed by atoms with Crippen LogP contribution in [0, 0.1) is 0 Å². The minimum Gasteiger partial charge on any atom is -0.497 e. The van der Waals surface area contributed by atoms with Crippen LogP contribution < -0.4 is 10.1 Å². The number of aromatic nitrogens is 2. The molecule has 5 heteroatoms. The summed E-state index contributed by atoms with van der Waals surface area (Å²) < 4.78 is 8.89. The summed E-state index contributed by atoms with van der Waals surface area (Å²) in [6.45, 7) is 0. The van der Waals surface area contributed by atoms with Gasteiger partial charge in [-0.1, -0.05) is 52.3 Å². The minimum absolute atomic E-state index is 0.174. The monoisotopic (exact) mass is 433 g/mol. The fraction of sp³-hybridized carbons (Fsp3) is 0.174. The number of hydrogen-bond acceptors (Lipinski definition) is 3. The molecule has 0 bridgehead atoms. The first kappa shape index (κ1) is 17.3. The molecule has 0 radical (unpaired) electrons. The lowest BCUT2D eigenvalue weighted by Gasteiger charge is -2.33. The lowest BCUT2D eigenvalue weighted by Crippen LogP contribution is -2.27. The first-order chi connectivity index (χ1) is 13.7. The van der Waals surface area contributed by atoms with Crippen LogP contribution in [-0.2, 0) is 0 Å². The van der Waals surface area contributed by atoms with Crippen LogP contribution in [0.2, 0.25) is 0 Å². The summed E-state index contributed by atoms with van der Waals surface area (Å²) in [5, 5.41) is 3.66. The third-order valence-electron chi connectivity index (χ3n) is 5.42. The zero-order chi connectivity index (χ0) is 19.1. The average molecular weight is 434 g/mol. The van der Waals surface area contributed by atoms with Crippen molar-refractivity contribution < 1.29 is 4.74 Å². The van der Waals surface area contributed by atoms with Crippen LogP contribution in [0.4, 0.5) is 5.95 Å². The molecule has 3 aromatic carbocycles. The molecule has 0 amide bonds. The number of halogens is 1. The molecule has 1 N–H and O–H groups in total. The molecule has 5 rings (SSSR count). The van der Waals surface area contributed by atoms with E-state index < -0.39 is 0 Å². The van der Waals surface area contributed by atoms with Gasteiger partial charge in [0.15, 0.2) is 0 Å². The van der Waals surface area contributed by atoms with E-state index in [1.807, 2.05) is 12.1 Å². The largest absolute Gasteiger partial charge is 0.497 e. The number of hydrogen-bond donors (Lipinski definition) is 1. The fourth-order valence-electron chi connectivity index (χ4n) is 4.05. The molecular formula is C23H20BrN3O. The van der Waals surface area contributed by atoms with E-state index in [1.165, 1.54) is 11.1 Å². The molecule has 0 saturated heterocycles. The highest BCUT2D eigenvalue weighted by atomic mass is 79.9. The zero-order valence-electron chi connectivity index (χ0n) is 15.5. The Labute approximate surface area is 172 Å². The number of para-hydroxylation sites is 2. The van der Waals surface area contributed by atoms with Gasteiger partial charge in [0.2, 0.25) is 5.95 Å². The first-order valence-corrected chi connectivity index (χ1v) is 10.1. The van der Waals surface area contributed by atoms with Gasteiger partial charge in [-0.3, -0.25) is 0 Å². The third-order valence-corrected chi connectivity index (χ3v) is 5.95. The quantitative estimate of drug-likeness (QED) is 0.433. The van der Waals surface area contributed by atoms with Gasteiger partial charge in [0.25, 0.3) is 0 Å². The third kappa shape index (κ3) is 2.96. The molecule has 0 spiro atoms. The number of nitrogens with zero attached hydrogens (tertiary/aromatic N) is 2. The summed E-state index contributed by atoms with van der Waals surface area (Å²) in [5.74, 6) is 1.79. The maximum atomic E-state index is 5.48. The molecule has 0 fully saturated rings. The Hall–Kier alpha value is -2.79. The van der Waals surface area contributed by atoms with E-state index in [1.54, 1.807) is 7.11 Å². The fourth-order valence-corrected chi connectivity index (χ4v) is 4.32. The molecule has 28 heavy (non-hydrogen) atoms. The molecule has 2 heterocycles. The Balaban J connectivity index is 1.66. The highest BCUT2D eigenvalue weighted by molar-refractivity contribution is 9.10. The van der Waals surface area contributed by atoms with Crippen LogP contribution in [0.1, 0.15) is 29.6 Å². The van der Waals surface area contributed by atoms with E-state index >= 15 is 0 Å². The molecule has 2 atom stereocenters. The number of anilines is 1. The summed E-state index contributed by atoms with van der Waals surface area (Å²) in [7, 11) is 1.71. The van der Waals surface area contributed by atoms with Crippen molar-refractivity contribution in [3.8, 4) is 5.75 Å². The molecule has 0 unspecified atom stereocenters. The molecule has 0 aliphatic carbocycles. The van der Waals surface area contributed by atoms with Crippen LogP contribution >= 0.6 is 15.9 Å². The maximum absolute atomic E-state index is 5.48. The summed E-state index contributed by atoms with van der Waals surface area (Å²) in [4.78, 5) is 4.88. The van der Waals surface area contributed by atoms with Gasteiger partial charge in [0.05, 0.1) is 30.2 Å². The number of nitrogens with one attached hydrogen (secondary N) is 1. The van der Waals surface area contributed by atoms with Crippen LogP contribution in [0.15, 0.2) is 77.3 Å². The number of imidazole rings is 1. The molecular weight excluding hydrogens is 414 g/mol. The van der Waals surface area contributed by atoms with Gasteiger partial charge in [0.1, 0.15) is 5.75 Å². The lowest BCUT2D eigenvalue weighted by atomic mass is 9.93. The van der Waals surface area contributed by atoms with Crippen molar-refractivity contribution >= 4 is 32.9 Å². The first-order valence-electron chi connectivity index (χ1n) is 9.36. The van der Waals surface area contributed by atoms with Gasteiger partial charge in [0, 0.05) is 4.47 Å². The number of fused-ring (bicyclic) bond motifs is 3. The Morgan fingerprint density at radius 2 is 1.82 bits per heavy atom. The normalized spacial score (nSPS) is 18.5. The molecule has 1 aliphatic heterocycles.